The highest BCUT2D eigenvalue weighted by atomic mass is 32.2. The van der Waals surface area contributed by atoms with Crippen LogP contribution >= 0.6 is 11.8 Å². The predicted octanol–water partition coefficient (Wildman–Crippen LogP) is 3.81. The summed E-state index contributed by atoms with van der Waals surface area (Å²) >= 11 is 1.24. The summed E-state index contributed by atoms with van der Waals surface area (Å²) < 4.78 is 10.6. The van der Waals surface area contributed by atoms with E-state index in [4.69, 9.17) is 9.15 Å². The number of nitrogens with zero attached hydrogens (tertiary/aromatic N) is 2. The Balaban J connectivity index is 1.75. The van der Waals surface area contributed by atoms with Crippen molar-refractivity contribution >= 4 is 34.5 Å². The minimum absolute atomic E-state index is 0.107. The van der Waals surface area contributed by atoms with Gasteiger partial charge >= 0.3 is 5.97 Å². The van der Waals surface area contributed by atoms with Gasteiger partial charge in [-0.25, -0.2) is 9.78 Å². The molecule has 3 rings (SSSR count). The molecule has 3 aromatic rings. The number of benzene rings is 2. The average molecular weight is 344 g/mol. The van der Waals surface area contributed by atoms with Crippen molar-refractivity contribution in [3.8, 4) is 0 Å². The van der Waals surface area contributed by atoms with Crippen LogP contribution in [0, 0.1) is 10.1 Å². The predicted molar refractivity (Wildman–Crippen MR) is 88.0 cm³/mol. The number of ether oxygens (including phenoxy) is 1. The molecule has 2 aromatic carbocycles. The number of carbonyl (C=O) groups excluding carboxylic acids is 1. The van der Waals surface area contributed by atoms with Gasteiger partial charge in [-0.3, -0.25) is 10.1 Å². The first kappa shape index (κ1) is 16.0. The maximum Gasteiger partial charge on any atom is 0.338 e. The highest BCUT2D eigenvalue weighted by Crippen LogP contribution is 2.28. The Morgan fingerprint density at radius 1 is 1.33 bits per heavy atom. The number of nitro groups is 1. The number of esters is 1. The number of carbonyl (C=O) groups is 1. The molecule has 0 spiro atoms. The molecule has 0 bridgehead atoms. The maximum absolute atomic E-state index is 12.1. The van der Waals surface area contributed by atoms with E-state index in [1.165, 1.54) is 30.0 Å². The van der Waals surface area contributed by atoms with Crippen LogP contribution in [0.1, 0.15) is 16.2 Å². The van der Waals surface area contributed by atoms with Crippen molar-refractivity contribution in [2.45, 2.75) is 11.5 Å². The first-order valence-corrected chi connectivity index (χ1v) is 8.15. The largest absolute Gasteiger partial charge is 0.452 e. The molecular formula is C16H12N2O5S. The number of oxazole rings is 1. The number of aromatic nitrogens is 1. The van der Waals surface area contributed by atoms with Crippen LogP contribution in [0.3, 0.4) is 0 Å². The number of para-hydroxylation sites is 2. The molecule has 1 heterocycles. The Morgan fingerprint density at radius 2 is 2.12 bits per heavy atom. The van der Waals surface area contributed by atoms with Crippen molar-refractivity contribution in [3.05, 3.63) is 64.0 Å². The molecule has 1 aromatic heterocycles. The summed E-state index contributed by atoms with van der Waals surface area (Å²) in [5.74, 6) is -0.409. The minimum atomic E-state index is -0.673. The van der Waals surface area contributed by atoms with Gasteiger partial charge in [-0.05, 0) is 30.5 Å². The summed E-state index contributed by atoms with van der Waals surface area (Å²) in [4.78, 5) is 27.3. The van der Waals surface area contributed by atoms with Gasteiger partial charge in [0.15, 0.2) is 12.2 Å². The van der Waals surface area contributed by atoms with E-state index >= 15 is 0 Å². The Labute approximate surface area is 140 Å². The zero-order valence-electron chi connectivity index (χ0n) is 12.6. The molecule has 0 radical (unpaired) electrons. The SMILES string of the molecule is CSc1ccc(C(=O)OCc2nc3ccccc3o2)cc1[N+](=O)[O-]. The smallest absolute Gasteiger partial charge is 0.338 e. The monoisotopic (exact) mass is 344 g/mol. The standard InChI is InChI=1S/C16H12N2O5S/c1-24-14-7-6-10(8-12(14)18(20)21)16(19)22-9-15-17-11-4-2-3-5-13(11)23-15/h2-8H,9H2,1H3. The average Bonchev–Trinajstić information content (AvgIpc) is 3.02. The Hall–Kier alpha value is -2.87. The van der Waals surface area contributed by atoms with Gasteiger partial charge in [0.1, 0.15) is 5.52 Å². The Bertz CT molecular complexity index is 889. The van der Waals surface area contributed by atoms with E-state index in [1.54, 1.807) is 18.4 Å². The second-order valence-corrected chi connectivity index (χ2v) is 5.64. The first-order chi connectivity index (χ1) is 11.6. The molecule has 7 nitrogen and oxygen atoms in total. The van der Waals surface area contributed by atoms with E-state index in [0.717, 1.165) is 0 Å². The molecular weight excluding hydrogens is 332 g/mol. The van der Waals surface area contributed by atoms with Gasteiger partial charge in [-0.1, -0.05) is 12.1 Å². The van der Waals surface area contributed by atoms with Crippen LogP contribution in [0.5, 0.6) is 0 Å². The Kier molecular flexibility index (Phi) is 4.48. The normalized spacial score (nSPS) is 10.7. The Morgan fingerprint density at radius 3 is 2.83 bits per heavy atom. The fraction of sp³-hybridized carbons (Fsp3) is 0.125. The van der Waals surface area contributed by atoms with Crippen molar-refractivity contribution in [1.29, 1.82) is 0 Å². The molecule has 0 saturated heterocycles. The number of thioether (sulfide) groups is 1. The zero-order chi connectivity index (χ0) is 17.1. The summed E-state index contributed by atoms with van der Waals surface area (Å²) in [6, 6.07) is 11.4. The van der Waals surface area contributed by atoms with Crippen LogP contribution in [-0.2, 0) is 11.3 Å². The van der Waals surface area contributed by atoms with E-state index in [1.807, 2.05) is 12.1 Å². The van der Waals surface area contributed by atoms with Crippen molar-refractivity contribution in [2.24, 2.45) is 0 Å². The van der Waals surface area contributed by atoms with Crippen LogP contribution in [0.15, 0.2) is 51.8 Å². The van der Waals surface area contributed by atoms with Gasteiger partial charge in [-0.15, -0.1) is 11.8 Å². The molecule has 0 aliphatic heterocycles. The quantitative estimate of drug-likeness (QED) is 0.300. The molecule has 0 aliphatic rings. The summed E-state index contributed by atoms with van der Waals surface area (Å²) in [5.41, 5.74) is 1.25. The molecule has 0 amide bonds. The highest BCUT2D eigenvalue weighted by molar-refractivity contribution is 7.98. The first-order valence-electron chi connectivity index (χ1n) is 6.92. The zero-order valence-corrected chi connectivity index (χ0v) is 13.4. The van der Waals surface area contributed by atoms with Gasteiger partial charge in [0.05, 0.1) is 15.4 Å². The summed E-state index contributed by atoms with van der Waals surface area (Å²) in [6.45, 7) is -0.147. The van der Waals surface area contributed by atoms with E-state index in [9.17, 15) is 14.9 Å². The molecule has 0 atom stereocenters. The van der Waals surface area contributed by atoms with E-state index in [2.05, 4.69) is 4.98 Å². The number of rotatable bonds is 5. The number of fused-ring (bicyclic) bond motifs is 1. The number of nitro benzene ring substituents is 1. The second-order valence-electron chi connectivity index (χ2n) is 4.80. The molecule has 24 heavy (non-hydrogen) atoms. The fourth-order valence-electron chi connectivity index (χ4n) is 2.15. The number of hydrogen-bond acceptors (Lipinski definition) is 7. The molecule has 0 unspecified atom stereocenters. The topological polar surface area (TPSA) is 95.5 Å². The molecule has 0 N–H and O–H groups in total. The summed E-state index contributed by atoms with van der Waals surface area (Å²) in [5, 5.41) is 11.0. The maximum atomic E-state index is 12.1. The lowest BCUT2D eigenvalue weighted by Crippen LogP contribution is -2.06. The third-order valence-electron chi connectivity index (χ3n) is 3.28. The second kappa shape index (κ2) is 6.71. The van der Waals surface area contributed by atoms with Gasteiger partial charge in [-0.2, -0.15) is 0 Å². The van der Waals surface area contributed by atoms with Gasteiger partial charge in [0.25, 0.3) is 5.69 Å². The third kappa shape index (κ3) is 3.23. The molecule has 0 fully saturated rings. The van der Waals surface area contributed by atoms with E-state index < -0.39 is 10.9 Å². The summed E-state index contributed by atoms with van der Waals surface area (Å²) in [7, 11) is 0. The van der Waals surface area contributed by atoms with Gasteiger partial charge < -0.3 is 9.15 Å². The number of hydrogen-bond donors (Lipinski definition) is 0. The lowest BCUT2D eigenvalue weighted by atomic mass is 10.2. The van der Waals surface area contributed by atoms with Crippen LogP contribution < -0.4 is 0 Å². The minimum Gasteiger partial charge on any atom is -0.452 e. The van der Waals surface area contributed by atoms with Gasteiger partial charge in [0, 0.05) is 6.07 Å². The van der Waals surface area contributed by atoms with Crippen molar-refractivity contribution in [1.82, 2.24) is 4.98 Å². The molecule has 0 aliphatic carbocycles. The van der Waals surface area contributed by atoms with E-state index in [-0.39, 0.29) is 23.7 Å². The molecule has 0 saturated carbocycles. The third-order valence-corrected chi connectivity index (χ3v) is 4.06. The summed E-state index contributed by atoms with van der Waals surface area (Å²) in [6.07, 6.45) is 1.73. The lowest BCUT2D eigenvalue weighted by molar-refractivity contribution is -0.387. The van der Waals surface area contributed by atoms with Crippen LogP contribution in [0.25, 0.3) is 11.1 Å². The van der Waals surface area contributed by atoms with E-state index in [0.29, 0.717) is 16.0 Å². The van der Waals surface area contributed by atoms with Crippen LogP contribution in [-0.4, -0.2) is 22.1 Å². The fourth-order valence-corrected chi connectivity index (χ4v) is 2.70. The van der Waals surface area contributed by atoms with Crippen molar-refractivity contribution in [3.63, 3.8) is 0 Å². The van der Waals surface area contributed by atoms with Crippen LogP contribution in [0.2, 0.25) is 0 Å². The van der Waals surface area contributed by atoms with Crippen molar-refractivity contribution < 1.29 is 18.9 Å². The van der Waals surface area contributed by atoms with Gasteiger partial charge in [0.2, 0.25) is 5.89 Å². The molecule has 8 heteroatoms. The highest BCUT2D eigenvalue weighted by Gasteiger charge is 2.18. The van der Waals surface area contributed by atoms with Crippen molar-refractivity contribution in [2.75, 3.05) is 6.26 Å². The lowest BCUT2D eigenvalue weighted by Gasteiger charge is -2.04. The molecule has 122 valence electrons. The van der Waals surface area contributed by atoms with Crippen LogP contribution in [0.4, 0.5) is 5.69 Å².